The van der Waals surface area contributed by atoms with Crippen LogP contribution in [-0.2, 0) is 23.2 Å². The number of aromatic nitrogens is 2. The van der Waals surface area contributed by atoms with Gasteiger partial charge in [0.25, 0.3) is 10.6 Å². The smallest absolute Gasteiger partial charge is 0.328 e. The Labute approximate surface area is 240 Å². The summed E-state index contributed by atoms with van der Waals surface area (Å²) in [6.07, 6.45) is 6.90. The number of aliphatic carboxylic acids is 2. The maximum atomic E-state index is 13.7. The number of hydrogen-bond donors (Lipinski definition) is 1. The maximum Gasteiger partial charge on any atom is 0.328 e. The van der Waals surface area contributed by atoms with Crippen molar-refractivity contribution >= 4 is 74.4 Å². The standard InChI is InChI=1S/C24H21FN3OS3.C4H4O4/c1-4-28-23(14-22-27(3)17-13-15(25)9-10-19(17)31-22)32-20(24(28)29)11-12-21-26(2)16-7-5-6-8-18(16)30-21;5-3(6)1-2-4(7)8/h5-14H,4H2,1-3H3;1-2H,(H,5,6)(H,7,8)/q+1;/p-1. The molecule has 0 radical (unpaired) electrons. The molecule has 0 bridgehead atoms. The van der Waals surface area contributed by atoms with E-state index in [1.54, 1.807) is 39.8 Å². The molecule has 2 aromatic heterocycles. The van der Waals surface area contributed by atoms with Crippen LogP contribution in [0.4, 0.5) is 10.1 Å². The number of para-hydroxylation sites is 1. The van der Waals surface area contributed by atoms with Crippen molar-refractivity contribution in [3.63, 3.8) is 0 Å². The van der Waals surface area contributed by atoms with Crippen LogP contribution in [0.15, 0.2) is 75.4 Å². The van der Waals surface area contributed by atoms with Gasteiger partial charge in [-0.2, -0.15) is 4.57 Å². The van der Waals surface area contributed by atoms with Crippen LogP contribution in [0.3, 0.4) is 0 Å². The number of halogens is 1. The van der Waals surface area contributed by atoms with Crippen molar-refractivity contribution in [3.8, 4) is 0 Å². The van der Waals surface area contributed by atoms with E-state index >= 15 is 0 Å². The third-order valence-electron chi connectivity index (χ3n) is 5.84. The number of benzene rings is 2. The van der Waals surface area contributed by atoms with Crippen molar-refractivity contribution in [1.82, 2.24) is 4.57 Å². The fraction of sp³-hybridized carbons (Fsp3) is 0.143. The number of anilines is 1. The number of allylic oxidation sites excluding steroid dienone is 1. The van der Waals surface area contributed by atoms with Gasteiger partial charge in [-0.15, -0.1) is 11.3 Å². The summed E-state index contributed by atoms with van der Waals surface area (Å²) >= 11 is 4.78. The zero-order valence-corrected chi connectivity index (χ0v) is 24.1. The predicted molar refractivity (Wildman–Crippen MR) is 155 cm³/mol. The minimum atomic E-state index is -1.51. The second-order valence-electron chi connectivity index (χ2n) is 8.40. The molecular weight excluding hydrogens is 574 g/mol. The number of carboxylic acids is 2. The van der Waals surface area contributed by atoms with E-state index in [1.165, 1.54) is 28.0 Å². The average molecular weight is 598 g/mol. The lowest BCUT2D eigenvalue weighted by molar-refractivity contribution is -0.642. The second kappa shape index (κ2) is 12.5. The van der Waals surface area contributed by atoms with Gasteiger partial charge in [0.05, 0.1) is 27.3 Å². The highest BCUT2D eigenvalue weighted by atomic mass is 32.2. The SMILES string of the molecule is CCn1c(=Cc2sc3ccc(F)cc3[n+]2C)sc(=CC=C2Sc3ccccc3N2C)c1=O.O=C([O-])C=CC(=O)O. The summed E-state index contributed by atoms with van der Waals surface area (Å²) in [4.78, 5) is 35.4. The first-order chi connectivity index (χ1) is 19.1. The predicted octanol–water partition coefficient (Wildman–Crippen LogP) is 2.18. The van der Waals surface area contributed by atoms with Crippen molar-refractivity contribution in [2.75, 3.05) is 11.9 Å². The highest BCUT2D eigenvalue weighted by molar-refractivity contribution is 8.03. The molecule has 206 valence electrons. The molecule has 0 fully saturated rings. The van der Waals surface area contributed by atoms with E-state index in [4.69, 9.17) is 5.11 Å². The minimum Gasteiger partial charge on any atom is -0.545 e. The van der Waals surface area contributed by atoms with Crippen molar-refractivity contribution < 1.29 is 28.8 Å². The number of hydrogen-bond acceptors (Lipinski definition) is 8. The van der Waals surface area contributed by atoms with E-state index in [2.05, 4.69) is 17.0 Å². The van der Waals surface area contributed by atoms with Crippen LogP contribution in [0.2, 0.25) is 0 Å². The Bertz CT molecular complexity index is 1840. The number of rotatable bonds is 5. The third-order valence-corrected chi connectivity index (χ3v) is 9.27. The van der Waals surface area contributed by atoms with Gasteiger partial charge in [-0.3, -0.25) is 9.36 Å². The zero-order chi connectivity index (χ0) is 29.0. The van der Waals surface area contributed by atoms with Gasteiger partial charge >= 0.3 is 5.97 Å². The summed E-state index contributed by atoms with van der Waals surface area (Å²) in [5.41, 5.74) is 2.04. The highest BCUT2D eigenvalue weighted by Crippen LogP contribution is 2.44. The van der Waals surface area contributed by atoms with Crippen molar-refractivity contribution in [2.45, 2.75) is 18.4 Å². The van der Waals surface area contributed by atoms with E-state index < -0.39 is 11.9 Å². The largest absolute Gasteiger partial charge is 0.545 e. The van der Waals surface area contributed by atoms with E-state index in [1.807, 2.05) is 55.9 Å². The Kier molecular flexibility index (Phi) is 9.03. The Morgan fingerprint density at radius 1 is 1.12 bits per heavy atom. The first-order valence-corrected chi connectivity index (χ1v) is 14.4. The minimum absolute atomic E-state index is 0.0126. The van der Waals surface area contributed by atoms with E-state index in [0.29, 0.717) is 23.2 Å². The quantitative estimate of drug-likeness (QED) is 0.278. The van der Waals surface area contributed by atoms with Crippen LogP contribution >= 0.6 is 34.4 Å². The van der Waals surface area contributed by atoms with Gasteiger partial charge in [0.2, 0.25) is 5.52 Å². The molecule has 0 spiro atoms. The molecule has 1 aliphatic heterocycles. The Morgan fingerprint density at radius 2 is 1.88 bits per heavy atom. The van der Waals surface area contributed by atoms with Crippen molar-refractivity contribution in [1.29, 1.82) is 0 Å². The number of carbonyl (C=O) groups is 2. The number of carboxylic acid groups (broad SMARTS) is 2. The summed E-state index contributed by atoms with van der Waals surface area (Å²) in [7, 11) is 3.97. The van der Waals surface area contributed by atoms with Gasteiger partial charge in [-0.1, -0.05) is 35.2 Å². The molecule has 0 atom stereocenters. The lowest BCUT2D eigenvalue weighted by atomic mass is 10.3. The first-order valence-electron chi connectivity index (χ1n) is 11.9. The fourth-order valence-electron chi connectivity index (χ4n) is 3.88. The number of fused-ring (bicyclic) bond motifs is 2. The molecule has 1 aliphatic rings. The molecule has 40 heavy (non-hydrogen) atoms. The lowest BCUT2D eigenvalue weighted by Crippen LogP contribution is -2.32. The van der Waals surface area contributed by atoms with Crippen molar-refractivity contribution in [3.05, 3.63) is 96.1 Å². The van der Waals surface area contributed by atoms with Crippen LogP contribution in [0, 0.1) is 5.82 Å². The van der Waals surface area contributed by atoms with Crippen molar-refractivity contribution in [2.24, 2.45) is 7.05 Å². The summed E-state index contributed by atoms with van der Waals surface area (Å²) in [5.74, 6) is -3.05. The van der Waals surface area contributed by atoms with Gasteiger partial charge in [-0.25, -0.2) is 9.18 Å². The number of aryl methyl sites for hydroxylation is 1. The van der Waals surface area contributed by atoms with Gasteiger partial charge < -0.3 is 19.9 Å². The summed E-state index contributed by atoms with van der Waals surface area (Å²) in [6.45, 7) is 2.57. The number of carbonyl (C=O) groups excluding carboxylic acids is 1. The topological polar surface area (TPSA) is 107 Å². The second-order valence-corrected chi connectivity index (χ2v) is 11.6. The van der Waals surface area contributed by atoms with Crippen LogP contribution in [0.25, 0.3) is 22.4 Å². The van der Waals surface area contributed by atoms with Crippen LogP contribution in [0.5, 0.6) is 0 Å². The fourth-order valence-corrected chi connectivity index (χ4v) is 7.13. The average Bonchev–Trinajstić information content (AvgIpc) is 3.52. The molecule has 12 heteroatoms. The van der Waals surface area contributed by atoms with Gasteiger partial charge in [0.1, 0.15) is 22.2 Å². The molecular formula is C28H24FN3O5S3. The molecule has 0 aliphatic carbocycles. The van der Waals surface area contributed by atoms with Gasteiger partial charge in [-0.05, 0) is 49.4 Å². The molecule has 0 unspecified atom stereocenters. The Morgan fingerprint density at radius 3 is 2.52 bits per heavy atom. The molecule has 4 aromatic rings. The molecule has 0 saturated carbocycles. The maximum absolute atomic E-state index is 13.7. The van der Waals surface area contributed by atoms with Crippen LogP contribution < -0.4 is 29.3 Å². The Balaban J connectivity index is 0.000000406. The van der Waals surface area contributed by atoms with E-state index in [9.17, 15) is 23.9 Å². The third kappa shape index (κ3) is 6.41. The molecule has 0 amide bonds. The van der Waals surface area contributed by atoms with Crippen LogP contribution in [0.1, 0.15) is 11.9 Å². The lowest BCUT2D eigenvalue weighted by Gasteiger charge is -2.12. The number of nitrogens with zero attached hydrogens (tertiary/aromatic N) is 3. The Hall–Kier alpha value is -4.00. The van der Waals surface area contributed by atoms with Gasteiger partial charge in [0.15, 0.2) is 0 Å². The molecule has 8 nitrogen and oxygen atoms in total. The zero-order valence-electron chi connectivity index (χ0n) is 21.7. The molecule has 0 saturated heterocycles. The summed E-state index contributed by atoms with van der Waals surface area (Å²) in [5, 5.41) is 19.3. The molecule has 3 heterocycles. The highest BCUT2D eigenvalue weighted by Gasteiger charge is 2.20. The number of thioether (sulfide) groups is 1. The van der Waals surface area contributed by atoms with Crippen LogP contribution in [-0.4, -0.2) is 28.7 Å². The monoisotopic (exact) mass is 597 g/mol. The molecule has 5 rings (SSSR count). The van der Waals surface area contributed by atoms with E-state index in [-0.39, 0.29) is 11.4 Å². The van der Waals surface area contributed by atoms with Gasteiger partial charge in [0, 0.05) is 30.6 Å². The number of thiazole rings is 2. The van der Waals surface area contributed by atoms with E-state index in [0.717, 1.165) is 24.9 Å². The molecule has 1 N–H and O–H groups in total. The normalized spacial score (nSPS) is 14.7. The molecule has 2 aromatic carbocycles. The summed E-state index contributed by atoms with van der Waals surface area (Å²) < 4.78 is 20.0. The summed E-state index contributed by atoms with van der Waals surface area (Å²) in [6, 6.07) is 13.1. The first kappa shape index (κ1) is 29.0.